The molecule has 7 nitrogen and oxygen atoms in total. The van der Waals surface area contributed by atoms with Crippen LogP contribution in [0, 0.1) is 10.1 Å². The topological polar surface area (TPSA) is 81.9 Å². The molecule has 1 aromatic rings. The Hall–Kier alpha value is -2.15. The summed E-state index contributed by atoms with van der Waals surface area (Å²) < 4.78 is 10.9. The van der Waals surface area contributed by atoms with Crippen LogP contribution >= 0.6 is 0 Å². The third-order valence-corrected chi connectivity index (χ3v) is 5.33. The Bertz CT molecular complexity index is 649. The summed E-state index contributed by atoms with van der Waals surface area (Å²) in [5, 5.41) is 11.1. The number of carbonyl (C=O) groups is 1. The van der Waals surface area contributed by atoms with E-state index < -0.39 is 10.9 Å². The molecule has 1 saturated heterocycles. The first-order valence-corrected chi connectivity index (χ1v) is 9.35. The first-order chi connectivity index (χ1) is 12.6. The molecule has 1 aliphatic heterocycles. The molecule has 0 bridgehead atoms. The van der Waals surface area contributed by atoms with E-state index in [9.17, 15) is 14.9 Å². The van der Waals surface area contributed by atoms with E-state index in [1.165, 1.54) is 45.3 Å². The van der Waals surface area contributed by atoms with Crippen molar-refractivity contribution >= 4 is 17.3 Å². The molecule has 0 atom stereocenters. The number of carbonyl (C=O) groups excluding carboxylic acids is 1. The van der Waals surface area contributed by atoms with E-state index in [1.54, 1.807) is 12.1 Å². The van der Waals surface area contributed by atoms with Crippen LogP contribution in [0.3, 0.4) is 0 Å². The van der Waals surface area contributed by atoms with E-state index in [0.717, 1.165) is 31.6 Å². The maximum atomic E-state index is 11.9. The monoisotopic (exact) mass is 362 g/mol. The largest absolute Gasteiger partial charge is 0.465 e. The first-order valence-electron chi connectivity index (χ1n) is 9.35. The molecule has 142 valence electrons. The molecule has 0 unspecified atom stereocenters. The zero-order valence-corrected chi connectivity index (χ0v) is 15.2. The van der Waals surface area contributed by atoms with Gasteiger partial charge in [-0.3, -0.25) is 10.1 Å². The van der Waals surface area contributed by atoms with Crippen molar-refractivity contribution in [3.05, 3.63) is 33.9 Å². The standard InChI is InChI=1S/C19H26N2O5/c1-25-19(22)17-13-14(7-8-18(17)21(23)24)20-11-9-16(10-12-20)26-15-5-3-2-4-6-15/h7-8,13,15-16H,2-6,9-12H2,1H3. The van der Waals surface area contributed by atoms with Gasteiger partial charge in [0.25, 0.3) is 5.69 Å². The summed E-state index contributed by atoms with van der Waals surface area (Å²) in [7, 11) is 1.23. The molecule has 26 heavy (non-hydrogen) atoms. The molecule has 3 rings (SSSR count). The van der Waals surface area contributed by atoms with Crippen molar-refractivity contribution in [2.75, 3.05) is 25.1 Å². The number of esters is 1. The minimum Gasteiger partial charge on any atom is -0.465 e. The number of nitrogens with zero attached hydrogens (tertiary/aromatic N) is 2. The molecule has 1 aromatic carbocycles. The Labute approximate surface area is 153 Å². The van der Waals surface area contributed by atoms with Crippen molar-refractivity contribution in [3.63, 3.8) is 0 Å². The lowest BCUT2D eigenvalue weighted by atomic mass is 9.97. The van der Waals surface area contributed by atoms with Crippen LogP contribution in [0.1, 0.15) is 55.3 Å². The van der Waals surface area contributed by atoms with Gasteiger partial charge in [0.15, 0.2) is 0 Å². The molecule has 2 fully saturated rings. The number of anilines is 1. The summed E-state index contributed by atoms with van der Waals surface area (Å²) in [6, 6.07) is 4.64. The lowest BCUT2D eigenvalue weighted by molar-refractivity contribution is -0.385. The van der Waals surface area contributed by atoms with Gasteiger partial charge in [-0.05, 0) is 37.8 Å². The number of hydrogen-bond donors (Lipinski definition) is 0. The number of methoxy groups -OCH3 is 1. The minimum absolute atomic E-state index is 0.00409. The van der Waals surface area contributed by atoms with Gasteiger partial charge in [0, 0.05) is 24.8 Å². The number of ether oxygens (including phenoxy) is 2. The molecular formula is C19H26N2O5. The second-order valence-electron chi connectivity index (χ2n) is 7.03. The summed E-state index contributed by atoms with van der Waals surface area (Å²) in [5.41, 5.74) is 0.582. The summed E-state index contributed by atoms with van der Waals surface area (Å²) >= 11 is 0. The van der Waals surface area contributed by atoms with Crippen LogP contribution in [0.15, 0.2) is 18.2 Å². The van der Waals surface area contributed by atoms with Crippen LogP contribution in [0.4, 0.5) is 11.4 Å². The number of benzene rings is 1. The van der Waals surface area contributed by atoms with Gasteiger partial charge >= 0.3 is 5.97 Å². The molecule has 1 aliphatic carbocycles. The van der Waals surface area contributed by atoms with Crippen molar-refractivity contribution in [1.82, 2.24) is 0 Å². The Morgan fingerprint density at radius 1 is 1.12 bits per heavy atom. The molecule has 7 heteroatoms. The maximum Gasteiger partial charge on any atom is 0.344 e. The molecular weight excluding hydrogens is 336 g/mol. The third-order valence-electron chi connectivity index (χ3n) is 5.33. The van der Waals surface area contributed by atoms with E-state index in [4.69, 9.17) is 4.74 Å². The predicted octanol–water partition coefficient (Wildman–Crippen LogP) is 3.70. The lowest BCUT2D eigenvalue weighted by Crippen LogP contribution is -2.39. The second-order valence-corrected chi connectivity index (χ2v) is 7.03. The molecule has 2 aliphatic rings. The summed E-state index contributed by atoms with van der Waals surface area (Å²) in [6.07, 6.45) is 8.75. The van der Waals surface area contributed by atoms with Gasteiger partial charge in [-0.2, -0.15) is 0 Å². The molecule has 1 saturated carbocycles. The van der Waals surface area contributed by atoms with Crippen LogP contribution in [0.25, 0.3) is 0 Å². The Morgan fingerprint density at radius 3 is 2.38 bits per heavy atom. The summed E-state index contributed by atoms with van der Waals surface area (Å²) in [5.74, 6) is -0.686. The molecule has 0 radical (unpaired) electrons. The van der Waals surface area contributed by atoms with Crippen LogP contribution in [-0.2, 0) is 9.47 Å². The highest BCUT2D eigenvalue weighted by atomic mass is 16.6. The van der Waals surface area contributed by atoms with E-state index in [1.807, 2.05) is 0 Å². The van der Waals surface area contributed by atoms with Crippen molar-refractivity contribution < 1.29 is 19.2 Å². The van der Waals surface area contributed by atoms with Crippen LogP contribution in [0.2, 0.25) is 0 Å². The predicted molar refractivity (Wildman–Crippen MR) is 97.6 cm³/mol. The van der Waals surface area contributed by atoms with Crippen molar-refractivity contribution in [2.45, 2.75) is 57.2 Å². The van der Waals surface area contributed by atoms with E-state index in [0.29, 0.717) is 6.10 Å². The number of piperidine rings is 1. The Kier molecular flexibility index (Phi) is 6.08. The minimum atomic E-state index is -0.686. The zero-order valence-electron chi connectivity index (χ0n) is 15.2. The van der Waals surface area contributed by atoms with Gasteiger partial charge in [-0.25, -0.2) is 4.79 Å². The smallest absolute Gasteiger partial charge is 0.344 e. The van der Waals surface area contributed by atoms with Gasteiger partial charge in [0.05, 0.1) is 24.2 Å². The normalized spacial score (nSPS) is 19.3. The van der Waals surface area contributed by atoms with Gasteiger partial charge in [0.1, 0.15) is 5.56 Å². The summed E-state index contributed by atoms with van der Waals surface area (Å²) in [6.45, 7) is 1.63. The van der Waals surface area contributed by atoms with Gasteiger partial charge in [0.2, 0.25) is 0 Å². The number of nitro benzene ring substituents is 1. The van der Waals surface area contributed by atoms with Gasteiger partial charge < -0.3 is 14.4 Å². The van der Waals surface area contributed by atoms with E-state index in [-0.39, 0.29) is 17.4 Å². The fourth-order valence-corrected chi connectivity index (χ4v) is 3.88. The third kappa shape index (κ3) is 4.33. The fraction of sp³-hybridized carbons (Fsp3) is 0.632. The number of nitro groups is 1. The molecule has 0 aromatic heterocycles. The SMILES string of the molecule is COC(=O)c1cc(N2CCC(OC3CCCCC3)CC2)ccc1[N+](=O)[O-]. The Balaban J connectivity index is 1.63. The average molecular weight is 362 g/mol. The van der Waals surface area contributed by atoms with Crippen LogP contribution in [-0.4, -0.2) is 43.3 Å². The van der Waals surface area contributed by atoms with Crippen molar-refractivity contribution in [3.8, 4) is 0 Å². The number of rotatable bonds is 5. The quantitative estimate of drug-likeness (QED) is 0.451. The zero-order chi connectivity index (χ0) is 18.5. The lowest BCUT2D eigenvalue weighted by Gasteiger charge is -2.36. The van der Waals surface area contributed by atoms with Crippen LogP contribution in [0.5, 0.6) is 0 Å². The highest BCUT2D eigenvalue weighted by molar-refractivity contribution is 5.95. The number of hydrogen-bond acceptors (Lipinski definition) is 6. The van der Waals surface area contributed by atoms with Gasteiger partial charge in [-0.1, -0.05) is 19.3 Å². The highest BCUT2D eigenvalue weighted by Crippen LogP contribution is 2.29. The first kappa shape index (κ1) is 18.6. The van der Waals surface area contributed by atoms with Crippen LogP contribution < -0.4 is 4.90 Å². The van der Waals surface area contributed by atoms with Crippen molar-refractivity contribution in [1.29, 1.82) is 0 Å². The highest BCUT2D eigenvalue weighted by Gasteiger charge is 2.26. The van der Waals surface area contributed by atoms with Crippen molar-refractivity contribution in [2.24, 2.45) is 0 Å². The molecule has 0 spiro atoms. The summed E-state index contributed by atoms with van der Waals surface area (Å²) in [4.78, 5) is 24.6. The molecule has 0 amide bonds. The van der Waals surface area contributed by atoms with Gasteiger partial charge in [-0.15, -0.1) is 0 Å². The maximum absolute atomic E-state index is 11.9. The fourth-order valence-electron chi connectivity index (χ4n) is 3.88. The second kappa shape index (κ2) is 8.49. The molecule has 0 N–H and O–H groups in total. The van der Waals surface area contributed by atoms with E-state index in [2.05, 4.69) is 9.64 Å². The Morgan fingerprint density at radius 2 is 1.77 bits per heavy atom. The van der Waals surface area contributed by atoms with E-state index >= 15 is 0 Å². The average Bonchev–Trinajstić information content (AvgIpc) is 2.68. The molecule has 1 heterocycles.